The molecule has 0 amide bonds. The lowest BCUT2D eigenvalue weighted by atomic mass is 9.72. The van der Waals surface area contributed by atoms with Gasteiger partial charge in [0.25, 0.3) is 0 Å². The van der Waals surface area contributed by atoms with Crippen LogP contribution in [0.15, 0.2) is 0 Å². The van der Waals surface area contributed by atoms with E-state index < -0.39 is 5.60 Å². The summed E-state index contributed by atoms with van der Waals surface area (Å²) in [5.74, 6) is 0.286. The van der Waals surface area contributed by atoms with E-state index >= 15 is 0 Å². The lowest BCUT2D eigenvalue weighted by Crippen LogP contribution is -2.43. The summed E-state index contributed by atoms with van der Waals surface area (Å²) in [6.45, 7) is 0. The van der Waals surface area contributed by atoms with Crippen molar-refractivity contribution in [3.63, 3.8) is 0 Å². The summed E-state index contributed by atoms with van der Waals surface area (Å²) < 4.78 is 0. The molecule has 2 heteroatoms. The molecule has 0 radical (unpaired) electrons. The van der Waals surface area contributed by atoms with Gasteiger partial charge in [-0.1, -0.05) is 51.4 Å². The maximum atomic E-state index is 12.3. The molecular weight excluding hydrogens is 224 g/mol. The Bertz CT molecular complexity index is 264. The van der Waals surface area contributed by atoms with E-state index in [-0.39, 0.29) is 5.92 Å². The Kier molecular flexibility index (Phi) is 5.23. The number of ketones is 1. The summed E-state index contributed by atoms with van der Waals surface area (Å²) in [6, 6.07) is 0. The van der Waals surface area contributed by atoms with Crippen LogP contribution >= 0.6 is 0 Å². The second kappa shape index (κ2) is 6.70. The Hall–Kier alpha value is -0.370. The lowest BCUT2D eigenvalue weighted by Gasteiger charge is -2.37. The van der Waals surface area contributed by atoms with Crippen molar-refractivity contribution >= 4 is 5.78 Å². The average Bonchev–Trinajstić information content (AvgIpc) is 2.29. The van der Waals surface area contributed by atoms with Crippen LogP contribution in [0.3, 0.4) is 0 Å². The molecule has 2 aliphatic rings. The van der Waals surface area contributed by atoms with Gasteiger partial charge in [-0.15, -0.1) is 0 Å². The molecule has 0 aromatic heterocycles. The molecular formula is C16H28O2. The molecule has 0 saturated heterocycles. The van der Waals surface area contributed by atoms with Gasteiger partial charge in [0.2, 0.25) is 0 Å². The summed E-state index contributed by atoms with van der Waals surface area (Å²) in [5.41, 5.74) is -0.672. The predicted molar refractivity (Wildman–Crippen MR) is 73.5 cm³/mol. The van der Waals surface area contributed by atoms with E-state index in [0.717, 1.165) is 44.9 Å². The van der Waals surface area contributed by atoms with Crippen molar-refractivity contribution in [3.8, 4) is 0 Å². The normalized spacial score (nSPS) is 30.9. The van der Waals surface area contributed by atoms with Crippen LogP contribution in [0.4, 0.5) is 0 Å². The Labute approximate surface area is 111 Å². The van der Waals surface area contributed by atoms with Crippen LogP contribution in [0.1, 0.15) is 83.5 Å². The third-order valence-electron chi connectivity index (χ3n) is 4.92. The number of carbonyl (C=O) groups excluding carboxylic acids is 1. The number of aliphatic hydroxyl groups is 1. The molecule has 1 unspecified atom stereocenters. The van der Waals surface area contributed by atoms with Gasteiger partial charge in [0.1, 0.15) is 5.78 Å². The van der Waals surface area contributed by atoms with Crippen LogP contribution < -0.4 is 0 Å². The van der Waals surface area contributed by atoms with Crippen molar-refractivity contribution in [2.75, 3.05) is 0 Å². The van der Waals surface area contributed by atoms with Crippen molar-refractivity contribution in [2.45, 2.75) is 89.1 Å². The van der Waals surface area contributed by atoms with Gasteiger partial charge in [-0.2, -0.15) is 0 Å². The van der Waals surface area contributed by atoms with Crippen LogP contribution in [0, 0.1) is 5.92 Å². The highest BCUT2D eigenvalue weighted by Crippen LogP contribution is 2.37. The van der Waals surface area contributed by atoms with Gasteiger partial charge >= 0.3 is 0 Å². The molecule has 1 N–H and O–H groups in total. The smallest absolute Gasteiger partial charge is 0.138 e. The molecule has 2 fully saturated rings. The Morgan fingerprint density at radius 3 is 2.11 bits per heavy atom. The second-order valence-electron chi connectivity index (χ2n) is 6.34. The van der Waals surface area contributed by atoms with Gasteiger partial charge < -0.3 is 5.11 Å². The van der Waals surface area contributed by atoms with Gasteiger partial charge in [-0.25, -0.2) is 0 Å². The van der Waals surface area contributed by atoms with Gasteiger partial charge in [0, 0.05) is 12.3 Å². The minimum atomic E-state index is -0.672. The van der Waals surface area contributed by atoms with E-state index in [1.807, 2.05) is 0 Å². The van der Waals surface area contributed by atoms with Crippen LogP contribution in [0.2, 0.25) is 0 Å². The minimum Gasteiger partial charge on any atom is -0.389 e. The number of hydrogen-bond donors (Lipinski definition) is 1. The van der Waals surface area contributed by atoms with Gasteiger partial charge in [0.15, 0.2) is 0 Å². The summed E-state index contributed by atoms with van der Waals surface area (Å²) in [7, 11) is 0. The molecule has 2 aliphatic carbocycles. The third kappa shape index (κ3) is 3.57. The van der Waals surface area contributed by atoms with Crippen molar-refractivity contribution in [1.82, 2.24) is 0 Å². The second-order valence-corrected chi connectivity index (χ2v) is 6.34. The molecule has 18 heavy (non-hydrogen) atoms. The molecule has 0 aromatic rings. The Balaban J connectivity index is 2.05. The molecule has 0 aliphatic heterocycles. The number of carbonyl (C=O) groups is 1. The SMILES string of the molecule is O=C1CCCCCCC1C1(O)CCCCCCC1. The zero-order chi connectivity index (χ0) is 12.8. The van der Waals surface area contributed by atoms with Crippen molar-refractivity contribution < 1.29 is 9.90 Å². The molecule has 0 aromatic carbocycles. The average molecular weight is 252 g/mol. The molecule has 0 heterocycles. The number of rotatable bonds is 1. The van der Waals surface area contributed by atoms with Crippen molar-refractivity contribution in [2.24, 2.45) is 5.92 Å². The summed E-state index contributed by atoms with van der Waals surface area (Å²) in [5, 5.41) is 11.0. The first kappa shape index (κ1) is 14.0. The van der Waals surface area contributed by atoms with Gasteiger partial charge in [0.05, 0.1) is 5.60 Å². The highest BCUT2D eigenvalue weighted by molar-refractivity contribution is 5.82. The van der Waals surface area contributed by atoms with E-state index in [9.17, 15) is 9.90 Å². The highest BCUT2D eigenvalue weighted by Gasteiger charge is 2.40. The molecule has 1 atom stereocenters. The zero-order valence-corrected chi connectivity index (χ0v) is 11.6. The van der Waals surface area contributed by atoms with Gasteiger partial charge in [-0.05, 0) is 25.7 Å². The predicted octanol–water partition coefficient (Wildman–Crippen LogP) is 4.00. The maximum absolute atomic E-state index is 12.3. The van der Waals surface area contributed by atoms with E-state index in [0.29, 0.717) is 12.2 Å². The van der Waals surface area contributed by atoms with Crippen LogP contribution in [0.25, 0.3) is 0 Å². The van der Waals surface area contributed by atoms with E-state index in [2.05, 4.69) is 0 Å². The topological polar surface area (TPSA) is 37.3 Å². The summed E-state index contributed by atoms with van der Waals surface area (Å²) >= 11 is 0. The molecule has 0 spiro atoms. The molecule has 104 valence electrons. The summed E-state index contributed by atoms with van der Waals surface area (Å²) in [6.07, 6.45) is 13.9. The Morgan fingerprint density at radius 1 is 0.833 bits per heavy atom. The molecule has 0 bridgehead atoms. The standard InChI is InChI=1S/C16H28O2/c17-15-11-7-3-2-6-10-14(15)16(18)12-8-4-1-5-9-13-16/h14,18H,1-13H2. The third-order valence-corrected chi connectivity index (χ3v) is 4.92. The van der Waals surface area contributed by atoms with Gasteiger partial charge in [-0.3, -0.25) is 4.79 Å². The zero-order valence-electron chi connectivity index (χ0n) is 11.6. The molecule has 2 saturated carbocycles. The first-order chi connectivity index (χ1) is 8.72. The van der Waals surface area contributed by atoms with Crippen molar-refractivity contribution in [3.05, 3.63) is 0 Å². The first-order valence-corrected chi connectivity index (χ1v) is 7.97. The minimum absolute atomic E-state index is 0.0594. The maximum Gasteiger partial charge on any atom is 0.138 e. The van der Waals surface area contributed by atoms with Crippen LogP contribution in [-0.2, 0) is 4.79 Å². The van der Waals surface area contributed by atoms with E-state index in [4.69, 9.17) is 0 Å². The number of Topliss-reactive ketones (excluding diaryl/α,β-unsaturated/α-hetero) is 1. The molecule has 2 rings (SSSR count). The van der Waals surface area contributed by atoms with Crippen molar-refractivity contribution in [1.29, 1.82) is 0 Å². The molecule has 2 nitrogen and oxygen atoms in total. The number of hydrogen-bond acceptors (Lipinski definition) is 2. The van der Waals surface area contributed by atoms with E-state index in [1.54, 1.807) is 0 Å². The van der Waals surface area contributed by atoms with Crippen LogP contribution in [0.5, 0.6) is 0 Å². The fourth-order valence-corrected chi connectivity index (χ4v) is 3.77. The lowest BCUT2D eigenvalue weighted by molar-refractivity contribution is -0.135. The summed E-state index contributed by atoms with van der Waals surface area (Å²) in [4.78, 5) is 12.3. The highest BCUT2D eigenvalue weighted by atomic mass is 16.3. The van der Waals surface area contributed by atoms with Crippen LogP contribution in [-0.4, -0.2) is 16.5 Å². The first-order valence-electron chi connectivity index (χ1n) is 7.97. The fourth-order valence-electron chi connectivity index (χ4n) is 3.77. The monoisotopic (exact) mass is 252 g/mol. The largest absolute Gasteiger partial charge is 0.389 e. The van der Waals surface area contributed by atoms with E-state index in [1.165, 1.54) is 32.1 Å². The fraction of sp³-hybridized carbons (Fsp3) is 0.938. The Morgan fingerprint density at radius 2 is 1.39 bits per heavy atom. The quantitative estimate of drug-likeness (QED) is 0.766.